The second kappa shape index (κ2) is 6.43. The molecule has 0 fully saturated rings. The van der Waals surface area contributed by atoms with Gasteiger partial charge < -0.3 is 4.74 Å². The van der Waals surface area contributed by atoms with Gasteiger partial charge in [-0.1, -0.05) is 0 Å². The zero-order valence-corrected chi connectivity index (χ0v) is 12.9. The van der Waals surface area contributed by atoms with Crippen LogP contribution < -0.4 is 5.43 Å². The van der Waals surface area contributed by atoms with Crippen LogP contribution in [0.4, 0.5) is 22.4 Å². The molecular formula is C14H16F4N2O3. The molecular weight excluding hydrogens is 320 g/mol. The van der Waals surface area contributed by atoms with E-state index >= 15 is 0 Å². The molecule has 1 aromatic carbocycles. The number of carbonyl (C=O) groups is 2. The Labute approximate surface area is 130 Å². The van der Waals surface area contributed by atoms with E-state index in [1.807, 2.05) is 5.43 Å². The summed E-state index contributed by atoms with van der Waals surface area (Å²) in [6, 6.07) is 1.64. The van der Waals surface area contributed by atoms with Crippen LogP contribution in [0.1, 0.15) is 36.7 Å². The number of hydrogen-bond acceptors (Lipinski definition) is 3. The average Bonchev–Trinajstić information content (AvgIpc) is 2.34. The van der Waals surface area contributed by atoms with Crippen molar-refractivity contribution in [1.82, 2.24) is 10.4 Å². The number of nitrogens with zero attached hydrogens (tertiary/aromatic N) is 1. The van der Waals surface area contributed by atoms with Crippen LogP contribution in [0.15, 0.2) is 18.2 Å². The fraction of sp³-hybridized carbons (Fsp3) is 0.429. The van der Waals surface area contributed by atoms with Gasteiger partial charge in [0.25, 0.3) is 5.91 Å². The quantitative estimate of drug-likeness (QED) is 0.632. The number of halogens is 4. The third-order valence-corrected chi connectivity index (χ3v) is 2.48. The van der Waals surface area contributed by atoms with Crippen LogP contribution in [0, 0.1) is 5.82 Å². The van der Waals surface area contributed by atoms with E-state index in [0.29, 0.717) is 11.1 Å². The maximum atomic E-state index is 13.0. The van der Waals surface area contributed by atoms with E-state index in [1.54, 1.807) is 20.8 Å². The summed E-state index contributed by atoms with van der Waals surface area (Å²) in [5.74, 6) is -2.29. The van der Waals surface area contributed by atoms with E-state index in [2.05, 4.69) is 0 Å². The second-order valence-corrected chi connectivity index (χ2v) is 5.67. The Hall–Kier alpha value is -2.32. The summed E-state index contributed by atoms with van der Waals surface area (Å²) in [4.78, 5) is 23.6. The Morgan fingerprint density at radius 1 is 1.17 bits per heavy atom. The Bertz CT molecular complexity index is 609. The second-order valence-electron chi connectivity index (χ2n) is 5.67. The number of carbonyl (C=O) groups excluding carboxylic acids is 2. The highest BCUT2D eigenvalue weighted by molar-refractivity contribution is 5.96. The van der Waals surface area contributed by atoms with Crippen molar-refractivity contribution in [3.05, 3.63) is 35.1 Å². The summed E-state index contributed by atoms with van der Waals surface area (Å²) in [5, 5.41) is 0.538. The number of ether oxygens (including phenoxy) is 1. The lowest BCUT2D eigenvalue weighted by Gasteiger charge is -2.24. The van der Waals surface area contributed by atoms with Gasteiger partial charge in [-0.2, -0.15) is 13.2 Å². The molecule has 0 heterocycles. The minimum Gasteiger partial charge on any atom is -0.443 e. The predicted octanol–water partition coefficient (Wildman–Crippen LogP) is 3.36. The molecule has 0 atom stereocenters. The summed E-state index contributed by atoms with van der Waals surface area (Å²) in [6.45, 7) is 4.74. The monoisotopic (exact) mass is 336 g/mol. The molecule has 0 saturated heterocycles. The topological polar surface area (TPSA) is 58.6 Å². The molecule has 9 heteroatoms. The lowest BCUT2D eigenvalue weighted by atomic mass is 10.1. The molecule has 128 valence electrons. The van der Waals surface area contributed by atoms with E-state index < -0.39 is 40.7 Å². The number of hydrogen-bond donors (Lipinski definition) is 1. The van der Waals surface area contributed by atoms with E-state index in [9.17, 15) is 27.2 Å². The fourth-order valence-electron chi connectivity index (χ4n) is 1.61. The van der Waals surface area contributed by atoms with Gasteiger partial charge in [0.05, 0.1) is 11.1 Å². The lowest BCUT2D eigenvalue weighted by molar-refractivity contribution is -0.138. The van der Waals surface area contributed by atoms with Crippen molar-refractivity contribution in [3.8, 4) is 0 Å². The van der Waals surface area contributed by atoms with Crippen molar-refractivity contribution in [1.29, 1.82) is 0 Å². The number of rotatable bonds is 1. The zero-order valence-electron chi connectivity index (χ0n) is 12.9. The first-order chi connectivity index (χ1) is 10.3. The number of benzene rings is 1. The van der Waals surface area contributed by atoms with Crippen LogP contribution in [-0.4, -0.2) is 29.7 Å². The number of hydrazine groups is 1. The SMILES string of the molecule is CN(NC(=O)OC(C)(C)C)C(=O)c1ccc(F)cc1C(F)(F)F. The highest BCUT2D eigenvalue weighted by Gasteiger charge is 2.36. The van der Waals surface area contributed by atoms with Crippen molar-refractivity contribution in [2.24, 2.45) is 0 Å². The molecule has 5 nitrogen and oxygen atoms in total. The minimum atomic E-state index is -4.92. The highest BCUT2D eigenvalue weighted by Crippen LogP contribution is 2.32. The third-order valence-electron chi connectivity index (χ3n) is 2.48. The first kappa shape index (κ1) is 18.7. The Morgan fingerprint density at radius 3 is 2.22 bits per heavy atom. The summed E-state index contributed by atoms with van der Waals surface area (Å²) in [7, 11) is 1.05. The van der Waals surface area contributed by atoms with Gasteiger partial charge in [-0.3, -0.25) is 9.80 Å². The van der Waals surface area contributed by atoms with Crippen LogP contribution in [0.3, 0.4) is 0 Å². The molecule has 0 aromatic heterocycles. The normalized spacial score (nSPS) is 11.8. The molecule has 0 radical (unpaired) electrons. The van der Waals surface area contributed by atoms with Crippen molar-refractivity contribution < 1.29 is 31.9 Å². The molecule has 1 rings (SSSR count). The van der Waals surface area contributed by atoms with E-state index in [4.69, 9.17) is 4.74 Å². The van der Waals surface area contributed by atoms with Gasteiger partial charge in [-0.25, -0.2) is 14.6 Å². The van der Waals surface area contributed by atoms with Crippen LogP contribution in [0.2, 0.25) is 0 Å². The summed E-state index contributed by atoms with van der Waals surface area (Å²) >= 11 is 0. The molecule has 2 amide bonds. The van der Waals surface area contributed by atoms with E-state index in [1.165, 1.54) is 0 Å². The summed E-state index contributed by atoms with van der Waals surface area (Å²) in [5.41, 5.74) is -1.08. The molecule has 0 unspecified atom stereocenters. The molecule has 0 saturated carbocycles. The predicted molar refractivity (Wildman–Crippen MR) is 72.9 cm³/mol. The van der Waals surface area contributed by atoms with Crippen molar-refractivity contribution in [2.75, 3.05) is 7.05 Å². The molecule has 1 N–H and O–H groups in total. The van der Waals surface area contributed by atoms with Gasteiger partial charge in [-0.05, 0) is 39.0 Å². The van der Waals surface area contributed by atoms with Gasteiger partial charge >= 0.3 is 12.3 Å². The maximum absolute atomic E-state index is 13.0. The molecule has 0 aliphatic heterocycles. The summed E-state index contributed by atoms with van der Waals surface area (Å²) < 4.78 is 56.6. The average molecular weight is 336 g/mol. The fourth-order valence-corrected chi connectivity index (χ4v) is 1.61. The van der Waals surface area contributed by atoms with Gasteiger partial charge in [0.15, 0.2) is 0 Å². The largest absolute Gasteiger partial charge is 0.443 e. The number of alkyl halides is 3. The van der Waals surface area contributed by atoms with Crippen molar-refractivity contribution in [2.45, 2.75) is 32.5 Å². The standard InChI is InChI=1S/C14H16F4N2O3/c1-13(2,3)23-12(22)19-20(4)11(21)9-6-5-8(15)7-10(9)14(16,17)18/h5-7H,1-4H3,(H,19,22). The molecule has 1 aromatic rings. The molecule has 23 heavy (non-hydrogen) atoms. The smallest absolute Gasteiger partial charge is 0.426 e. The molecule has 0 aliphatic carbocycles. The van der Waals surface area contributed by atoms with E-state index in [-0.39, 0.29) is 6.07 Å². The lowest BCUT2D eigenvalue weighted by Crippen LogP contribution is -2.46. The van der Waals surface area contributed by atoms with Crippen molar-refractivity contribution >= 4 is 12.0 Å². The molecule has 0 spiro atoms. The zero-order chi connectivity index (χ0) is 18.0. The molecule has 0 aliphatic rings. The Balaban J connectivity index is 2.99. The van der Waals surface area contributed by atoms with Gasteiger partial charge in [0.1, 0.15) is 11.4 Å². The van der Waals surface area contributed by atoms with Gasteiger partial charge in [-0.15, -0.1) is 0 Å². The van der Waals surface area contributed by atoms with Crippen LogP contribution in [0.5, 0.6) is 0 Å². The molecule has 0 bridgehead atoms. The number of amides is 2. The first-order valence-corrected chi connectivity index (χ1v) is 6.45. The number of nitrogens with one attached hydrogen (secondary N) is 1. The van der Waals surface area contributed by atoms with Crippen LogP contribution in [-0.2, 0) is 10.9 Å². The Morgan fingerprint density at radius 2 is 1.74 bits per heavy atom. The Kier molecular flexibility index (Phi) is 5.24. The van der Waals surface area contributed by atoms with Gasteiger partial charge in [0, 0.05) is 7.05 Å². The van der Waals surface area contributed by atoms with E-state index in [0.717, 1.165) is 13.1 Å². The van der Waals surface area contributed by atoms with Crippen molar-refractivity contribution in [3.63, 3.8) is 0 Å². The maximum Gasteiger partial charge on any atom is 0.426 e. The summed E-state index contributed by atoms with van der Waals surface area (Å²) in [6.07, 6.45) is -5.93. The minimum absolute atomic E-state index is 0.217. The third kappa shape index (κ3) is 5.42. The van der Waals surface area contributed by atoms with Crippen LogP contribution in [0.25, 0.3) is 0 Å². The highest BCUT2D eigenvalue weighted by atomic mass is 19.4. The van der Waals surface area contributed by atoms with Gasteiger partial charge in [0.2, 0.25) is 0 Å². The first-order valence-electron chi connectivity index (χ1n) is 6.45. The van der Waals surface area contributed by atoms with Crippen LogP contribution >= 0.6 is 0 Å².